The normalized spacial score (nSPS) is 11.5. The molecule has 6 heteroatoms. The molecule has 2 N–H and O–H groups in total. The number of thioether (sulfide) groups is 1. The van der Waals surface area contributed by atoms with Crippen LogP contribution in [0.2, 0.25) is 5.02 Å². The number of benzene rings is 2. The molecule has 0 spiro atoms. The van der Waals surface area contributed by atoms with Gasteiger partial charge >= 0.3 is 0 Å². The zero-order valence-electron chi connectivity index (χ0n) is 12.2. The smallest absolute Gasteiger partial charge is 0.230 e. The molecular weight excluding hydrogens is 332 g/mol. The molecule has 0 bridgehead atoms. The standard InChI is InChI=1S/C17H15ClN2O2S/c18-14-5-3-13(4-6-14)16(21)10-20-17(22)11-23-15-7-1-12(9-19)2-8-15/h1-8,16,21H,10-11H2,(H,20,22). The van der Waals surface area contributed by atoms with Crippen molar-refractivity contribution in [2.75, 3.05) is 12.3 Å². The van der Waals surface area contributed by atoms with Crippen molar-refractivity contribution in [1.29, 1.82) is 5.26 Å². The molecule has 1 atom stereocenters. The van der Waals surface area contributed by atoms with Crippen LogP contribution in [0.3, 0.4) is 0 Å². The van der Waals surface area contributed by atoms with E-state index in [0.717, 1.165) is 4.90 Å². The molecule has 0 saturated carbocycles. The molecule has 0 saturated heterocycles. The Morgan fingerprint density at radius 2 is 1.87 bits per heavy atom. The second kappa shape index (κ2) is 8.59. The number of nitrogens with one attached hydrogen (secondary N) is 1. The van der Waals surface area contributed by atoms with Crippen molar-refractivity contribution in [2.45, 2.75) is 11.0 Å². The molecule has 1 amide bonds. The largest absolute Gasteiger partial charge is 0.387 e. The Morgan fingerprint density at radius 3 is 2.48 bits per heavy atom. The van der Waals surface area contributed by atoms with E-state index in [4.69, 9.17) is 16.9 Å². The van der Waals surface area contributed by atoms with Crippen LogP contribution in [0.4, 0.5) is 0 Å². The van der Waals surface area contributed by atoms with Crippen molar-refractivity contribution in [3.8, 4) is 6.07 Å². The van der Waals surface area contributed by atoms with E-state index in [1.807, 2.05) is 6.07 Å². The molecule has 118 valence electrons. The summed E-state index contributed by atoms with van der Waals surface area (Å²) >= 11 is 7.17. The van der Waals surface area contributed by atoms with Gasteiger partial charge in [-0.05, 0) is 42.0 Å². The van der Waals surface area contributed by atoms with E-state index in [1.165, 1.54) is 11.8 Å². The second-order valence-electron chi connectivity index (χ2n) is 4.80. The fraction of sp³-hybridized carbons (Fsp3) is 0.176. The van der Waals surface area contributed by atoms with Crippen LogP contribution in [-0.2, 0) is 4.79 Å². The van der Waals surface area contributed by atoms with Gasteiger partial charge in [-0.2, -0.15) is 5.26 Å². The maximum Gasteiger partial charge on any atom is 0.230 e. The van der Waals surface area contributed by atoms with E-state index >= 15 is 0 Å². The summed E-state index contributed by atoms with van der Waals surface area (Å²) in [7, 11) is 0. The van der Waals surface area contributed by atoms with Crippen LogP contribution in [-0.4, -0.2) is 23.3 Å². The zero-order chi connectivity index (χ0) is 16.7. The summed E-state index contributed by atoms with van der Waals surface area (Å²) < 4.78 is 0. The zero-order valence-corrected chi connectivity index (χ0v) is 13.8. The van der Waals surface area contributed by atoms with Gasteiger partial charge in [0.25, 0.3) is 0 Å². The van der Waals surface area contributed by atoms with Crippen molar-refractivity contribution in [3.05, 3.63) is 64.7 Å². The van der Waals surface area contributed by atoms with Gasteiger partial charge in [0.05, 0.1) is 23.5 Å². The highest BCUT2D eigenvalue weighted by atomic mass is 35.5. The fourth-order valence-corrected chi connectivity index (χ4v) is 2.69. The summed E-state index contributed by atoms with van der Waals surface area (Å²) in [5.74, 6) is 0.0894. The summed E-state index contributed by atoms with van der Waals surface area (Å²) in [5.41, 5.74) is 1.29. The number of amides is 1. The lowest BCUT2D eigenvalue weighted by atomic mass is 10.1. The maximum atomic E-state index is 11.8. The Bertz CT molecular complexity index is 696. The number of nitriles is 1. The van der Waals surface area contributed by atoms with Gasteiger partial charge in [0, 0.05) is 16.5 Å². The van der Waals surface area contributed by atoms with Crippen molar-refractivity contribution < 1.29 is 9.90 Å². The van der Waals surface area contributed by atoms with Crippen LogP contribution in [0, 0.1) is 11.3 Å². The molecule has 4 nitrogen and oxygen atoms in total. The van der Waals surface area contributed by atoms with Crippen molar-refractivity contribution in [2.24, 2.45) is 0 Å². The van der Waals surface area contributed by atoms with Crippen LogP contribution in [0.25, 0.3) is 0 Å². The molecule has 23 heavy (non-hydrogen) atoms. The molecule has 0 aliphatic carbocycles. The highest BCUT2D eigenvalue weighted by Gasteiger charge is 2.10. The lowest BCUT2D eigenvalue weighted by molar-refractivity contribution is -0.119. The number of carbonyl (C=O) groups excluding carboxylic acids is 1. The summed E-state index contributed by atoms with van der Waals surface area (Å²) in [6.45, 7) is 0.147. The Balaban J connectivity index is 1.76. The quantitative estimate of drug-likeness (QED) is 0.788. The molecule has 0 heterocycles. The predicted octanol–water partition coefficient (Wildman–Crippen LogP) is 3.15. The molecule has 0 aliphatic heterocycles. The first kappa shape index (κ1) is 17.4. The molecule has 0 aliphatic rings. The van der Waals surface area contributed by atoms with E-state index in [9.17, 15) is 9.90 Å². The Kier molecular flexibility index (Phi) is 6.48. The fourth-order valence-electron chi connectivity index (χ4n) is 1.84. The summed E-state index contributed by atoms with van der Waals surface area (Å²) in [6, 6.07) is 15.9. The van der Waals surface area contributed by atoms with Gasteiger partial charge in [-0.1, -0.05) is 23.7 Å². The monoisotopic (exact) mass is 346 g/mol. The highest BCUT2D eigenvalue weighted by molar-refractivity contribution is 8.00. The van der Waals surface area contributed by atoms with Gasteiger partial charge in [-0.25, -0.2) is 0 Å². The molecule has 0 aromatic heterocycles. The van der Waals surface area contributed by atoms with Crippen LogP contribution in [0.15, 0.2) is 53.4 Å². The number of rotatable bonds is 6. The van der Waals surface area contributed by atoms with E-state index in [2.05, 4.69) is 5.32 Å². The maximum absolute atomic E-state index is 11.8. The minimum Gasteiger partial charge on any atom is -0.387 e. The van der Waals surface area contributed by atoms with Crippen LogP contribution in [0.1, 0.15) is 17.2 Å². The third-order valence-corrected chi connectivity index (χ3v) is 4.36. The molecule has 2 aromatic rings. The topological polar surface area (TPSA) is 73.1 Å². The summed E-state index contributed by atoms with van der Waals surface area (Å²) in [4.78, 5) is 12.7. The van der Waals surface area contributed by atoms with E-state index in [1.54, 1.807) is 48.5 Å². The number of carbonyl (C=O) groups is 1. The molecular formula is C17H15ClN2O2S. The molecule has 0 fully saturated rings. The van der Waals surface area contributed by atoms with Gasteiger partial charge in [0.2, 0.25) is 5.91 Å². The summed E-state index contributed by atoms with van der Waals surface area (Å²) in [6.07, 6.45) is -0.767. The van der Waals surface area contributed by atoms with Gasteiger partial charge in [-0.3, -0.25) is 4.79 Å². The van der Waals surface area contributed by atoms with Crippen LogP contribution < -0.4 is 5.32 Å². The average Bonchev–Trinajstić information content (AvgIpc) is 2.59. The van der Waals surface area contributed by atoms with Crippen LogP contribution in [0.5, 0.6) is 0 Å². The van der Waals surface area contributed by atoms with E-state index in [0.29, 0.717) is 16.1 Å². The van der Waals surface area contributed by atoms with Crippen molar-refractivity contribution in [3.63, 3.8) is 0 Å². The molecule has 0 radical (unpaired) electrons. The molecule has 2 aromatic carbocycles. The Morgan fingerprint density at radius 1 is 1.22 bits per heavy atom. The number of aliphatic hydroxyl groups is 1. The first-order chi connectivity index (χ1) is 11.1. The van der Waals surface area contributed by atoms with E-state index < -0.39 is 6.10 Å². The third kappa shape index (κ3) is 5.61. The van der Waals surface area contributed by atoms with Crippen molar-refractivity contribution in [1.82, 2.24) is 5.32 Å². The average molecular weight is 347 g/mol. The first-order valence-electron chi connectivity index (χ1n) is 6.91. The number of nitrogens with zero attached hydrogens (tertiary/aromatic N) is 1. The third-order valence-electron chi connectivity index (χ3n) is 3.10. The van der Waals surface area contributed by atoms with Gasteiger partial charge in [0.1, 0.15) is 0 Å². The summed E-state index contributed by atoms with van der Waals surface area (Å²) in [5, 5.41) is 22.0. The number of halogens is 1. The first-order valence-corrected chi connectivity index (χ1v) is 8.28. The molecule has 1 unspecified atom stereocenters. The number of hydrogen-bond donors (Lipinski definition) is 2. The Labute approximate surface area is 144 Å². The predicted molar refractivity (Wildman–Crippen MR) is 91.3 cm³/mol. The minimum atomic E-state index is -0.767. The van der Waals surface area contributed by atoms with E-state index in [-0.39, 0.29) is 18.2 Å². The number of hydrogen-bond acceptors (Lipinski definition) is 4. The lowest BCUT2D eigenvalue weighted by Crippen LogP contribution is -2.29. The highest BCUT2D eigenvalue weighted by Crippen LogP contribution is 2.18. The SMILES string of the molecule is N#Cc1ccc(SCC(=O)NCC(O)c2ccc(Cl)cc2)cc1. The lowest BCUT2D eigenvalue weighted by Gasteiger charge is -2.12. The Hall–Kier alpha value is -2.00. The van der Waals surface area contributed by atoms with Crippen LogP contribution >= 0.6 is 23.4 Å². The van der Waals surface area contributed by atoms with Crippen molar-refractivity contribution >= 4 is 29.3 Å². The minimum absolute atomic E-state index is 0.147. The second-order valence-corrected chi connectivity index (χ2v) is 6.28. The van der Waals surface area contributed by atoms with Gasteiger partial charge < -0.3 is 10.4 Å². The number of aliphatic hydroxyl groups excluding tert-OH is 1. The van der Waals surface area contributed by atoms with Gasteiger partial charge in [-0.15, -0.1) is 11.8 Å². The molecule has 2 rings (SSSR count). The van der Waals surface area contributed by atoms with Gasteiger partial charge in [0.15, 0.2) is 0 Å².